The van der Waals surface area contributed by atoms with Gasteiger partial charge in [-0.15, -0.1) is 0 Å². The van der Waals surface area contributed by atoms with Gasteiger partial charge in [-0.3, -0.25) is 9.78 Å². The Morgan fingerprint density at radius 2 is 1.89 bits per heavy atom. The maximum atomic E-state index is 12.5. The fourth-order valence-corrected chi connectivity index (χ4v) is 2.92. The third kappa shape index (κ3) is 2.63. The van der Waals surface area contributed by atoms with Crippen LogP contribution in [-0.2, 0) is 0 Å². The molecule has 4 aromatic rings. The number of nitrogens with zero attached hydrogens (tertiary/aromatic N) is 5. The van der Waals surface area contributed by atoms with Crippen LogP contribution in [0.2, 0.25) is 0 Å². The SMILES string of the molecule is O=c1ccn(-c2cccnc2)nc1-c1ccnn1-c1ccc2c(c1)OCO2. The summed E-state index contributed by atoms with van der Waals surface area (Å²) in [6.07, 6.45) is 6.60. The highest BCUT2D eigenvalue weighted by Crippen LogP contribution is 2.34. The molecule has 0 radical (unpaired) electrons. The van der Waals surface area contributed by atoms with Gasteiger partial charge < -0.3 is 9.47 Å². The standard InChI is InChI=1S/C19H13N5O3/c25-16-6-9-23(14-2-1-7-20-11-14)22-19(16)15-5-8-21-24(15)13-3-4-17-18(10-13)27-12-26-17/h1-11H,12H2. The summed E-state index contributed by atoms with van der Waals surface area (Å²) in [6, 6.07) is 12.4. The molecule has 1 aliphatic heterocycles. The number of rotatable bonds is 3. The van der Waals surface area contributed by atoms with Gasteiger partial charge in [0.25, 0.3) is 0 Å². The molecular formula is C19H13N5O3. The average Bonchev–Trinajstić information content (AvgIpc) is 3.38. The molecule has 27 heavy (non-hydrogen) atoms. The third-order valence-electron chi connectivity index (χ3n) is 4.20. The maximum absolute atomic E-state index is 12.5. The van der Waals surface area contributed by atoms with Crippen LogP contribution in [-0.4, -0.2) is 31.3 Å². The Morgan fingerprint density at radius 1 is 0.963 bits per heavy atom. The molecule has 8 nitrogen and oxygen atoms in total. The first-order valence-corrected chi connectivity index (χ1v) is 8.24. The van der Waals surface area contributed by atoms with Crippen molar-refractivity contribution in [2.24, 2.45) is 0 Å². The van der Waals surface area contributed by atoms with E-state index in [0.717, 1.165) is 11.4 Å². The van der Waals surface area contributed by atoms with Crippen molar-refractivity contribution in [2.45, 2.75) is 0 Å². The van der Waals surface area contributed by atoms with Gasteiger partial charge in [-0.1, -0.05) is 0 Å². The molecule has 0 saturated heterocycles. The predicted molar refractivity (Wildman–Crippen MR) is 96.3 cm³/mol. The van der Waals surface area contributed by atoms with E-state index in [4.69, 9.17) is 9.47 Å². The number of benzene rings is 1. The van der Waals surface area contributed by atoms with Crippen LogP contribution in [0.4, 0.5) is 0 Å². The van der Waals surface area contributed by atoms with Crippen LogP contribution in [0.1, 0.15) is 0 Å². The minimum Gasteiger partial charge on any atom is -0.454 e. The molecule has 0 bridgehead atoms. The van der Waals surface area contributed by atoms with E-state index in [1.54, 1.807) is 40.2 Å². The fourth-order valence-electron chi connectivity index (χ4n) is 2.92. The molecule has 5 rings (SSSR count). The lowest BCUT2D eigenvalue weighted by molar-refractivity contribution is 0.174. The van der Waals surface area contributed by atoms with E-state index in [0.29, 0.717) is 17.2 Å². The van der Waals surface area contributed by atoms with Crippen molar-refractivity contribution >= 4 is 0 Å². The number of pyridine rings is 1. The quantitative estimate of drug-likeness (QED) is 0.558. The molecule has 1 aromatic carbocycles. The lowest BCUT2D eigenvalue weighted by Crippen LogP contribution is -2.14. The summed E-state index contributed by atoms with van der Waals surface area (Å²) in [5, 5.41) is 8.84. The summed E-state index contributed by atoms with van der Waals surface area (Å²) in [6.45, 7) is 0.195. The third-order valence-corrected chi connectivity index (χ3v) is 4.20. The van der Waals surface area contributed by atoms with Crippen molar-refractivity contribution in [3.63, 3.8) is 0 Å². The molecule has 0 spiro atoms. The zero-order valence-electron chi connectivity index (χ0n) is 14.0. The highest BCUT2D eigenvalue weighted by atomic mass is 16.7. The lowest BCUT2D eigenvalue weighted by Gasteiger charge is -2.10. The Kier molecular flexibility index (Phi) is 3.46. The minimum atomic E-state index is -0.197. The van der Waals surface area contributed by atoms with Crippen molar-refractivity contribution in [2.75, 3.05) is 6.79 Å². The first-order chi connectivity index (χ1) is 13.3. The number of ether oxygens (including phenoxy) is 2. The number of aromatic nitrogens is 5. The fraction of sp³-hybridized carbons (Fsp3) is 0.0526. The van der Waals surface area contributed by atoms with E-state index >= 15 is 0 Å². The Hall–Kier alpha value is -3.94. The molecule has 8 heteroatoms. The molecule has 4 heterocycles. The van der Waals surface area contributed by atoms with E-state index in [1.807, 2.05) is 30.3 Å². The van der Waals surface area contributed by atoms with Crippen LogP contribution in [0.5, 0.6) is 11.5 Å². The molecule has 1 aliphatic rings. The van der Waals surface area contributed by atoms with Crippen LogP contribution in [0.25, 0.3) is 22.8 Å². The van der Waals surface area contributed by atoms with E-state index in [1.165, 1.54) is 6.07 Å². The van der Waals surface area contributed by atoms with Gasteiger partial charge in [0.05, 0.1) is 29.5 Å². The normalized spacial score (nSPS) is 12.3. The molecule has 3 aromatic heterocycles. The molecule has 0 unspecified atom stereocenters. The zero-order valence-corrected chi connectivity index (χ0v) is 14.0. The summed E-state index contributed by atoms with van der Waals surface area (Å²) in [4.78, 5) is 16.6. The van der Waals surface area contributed by atoms with Gasteiger partial charge in [0.1, 0.15) is 0 Å². The second-order valence-electron chi connectivity index (χ2n) is 5.85. The monoisotopic (exact) mass is 359 g/mol. The van der Waals surface area contributed by atoms with Crippen molar-refractivity contribution in [1.29, 1.82) is 0 Å². The Balaban J connectivity index is 1.63. The van der Waals surface area contributed by atoms with Crippen LogP contribution in [0, 0.1) is 0 Å². The van der Waals surface area contributed by atoms with Crippen LogP contribution in [0.3, 0.4) is 0 Å². The number of fused-ring (bicyclic) bond motifs is 1. The first kappa shape index (κ1) is 15.3. The van der Waals surface area contributed by atoms with Gasteiger partial charge in [-0.25, -0.2) is 9.36 Å². The Labute approximate surface area is 153 Å². The second kappa shape index (κ2) is 6.10. The van der Waals surface area contributed by atoms with Crippen molar-refractivity contribution in [3.8, 4) is 34.3 Å². The Bertz CT molecular complexity index is 1180. The molecule has 0 amide bonds. The van der Waals surface area contributed by atoms with Gasteiger partial charge in [0, 0.05) is 24.5 Å². The Morgan fingerprint density at radius 3 is 2.78 bits per heavy atom. The van der Waals surface area contributed by atoms with Gasteiger partial charge in [0.2, 0.25) is 12.2 Å². The minimum absolute atomic E-state index is 0.195. The summed E-state index contributed by atoms with van der Waals surface area (Å²) >= 11 is 0. The largest absolute Gasteiger partial charge is 0.454 e. The van der Waals surface area contributed by atoms with Crippen molar-refractivity contribution < 1.29 is 9.47 Å². The zero-order chi connectivity index (χ0) is 18.2. The van der Waals surface area contributed by atoms with Gasteiger partial charge in [-0.2, -0.15) is 10.2 Å². The summed E-state index contributed by atoms with van der Waals surface area (Å²) in [7, 11) is 0. The molecule has 0 aliphatic carbocycles. The van der Waals surface area contributed by atoms with E-state index in [9.17, 15) is 4.79 Å². The van der Waals surface area contributed by atoms with Crippen LogP contribution >= 0.6 is 0 Å². The van der Waals surface area contributed by atoms with E-state index < -0.39 is 0 Å². The van der Waals surface area contributed by atoms with E-state index in [-0.39, 0.29) is 17.9 Å². The van der Waals surface area contributed by atoms with E-state index in [2.05, 4.69) is 15.2 Å². The number of hydrogen-bond acceptors (Lipinski definition) is 6. The van der Waals surface area contributed by atoms with Gasteiger partial charge in [0.15, 0.2) is 17.2 Å². The number of hydrogen-bond donors (Lipinski definition) is 0. The van der Waals surface area contributed by atoms with Crippen LogP contribution in [0.15, 0.2) is 72.0 Å². The van der Waals surface area contributed by atoms with Crippen LogP contribution < -0.4 is 14.9 Å². The summed E-state index contributed by atoms with van der Waals surface area (Å²) < 4.78 is 14.0. The molecule has 0 saturated carbocycles. The summed E-state index contributed by atoms with van der Waals surface area (Å²) in [5.74, 6) is 1.33. The highest BCUT2D eigenvalue weighted by molar-refractivity contribution is 5.59. The van der Waals surface area contributed by atoms with Gasteiger partial charge in [-0.05, 0) is 30.3 Å². The highest BCUT2D eigenvalue weighted by Gasteiger charge is 2.17. The second-order valence-corrected chi connectivity index (χ2v) is 5.85. The molecule has 0 N–H and O–H groups in total. The lowest BCUT2D eigenvalue weighted by atomic mass is 10.2. The smallest absolute Gasteiger partial charge is 0.231 e. The average molecular weight is 359 g/mol. The first-order valence-electron chi connectivity index (χ1n) is 8.24. The molecule has 0 atom stereocenters. The molecular weight excluding hydrogens is 346 g/mol. The maximum Gasteiger partial charge on any atom is 0.231 e. The molecule has 132 valence electrons. The van der Waals surface area contributed by atoms with Gasteiger partial charge >= 0.3 is 0 Å². The topological polar surface area (TPSA) is 84.1 Å². The van der Waals surface area contributed by atoms with Crippen molar-refractivity contribution in [3.05, 3.63) is 77.5 Å². The predicted octanol–water partition coefficient (Wildman–Crippen LogP) is 2.21. The molecule has 0 fully saturated rings. The summed E-state index contributed by atoms with van der Waals surface area (Å²) in [5.41, 5.74) is 2.18. The van der Waals surface area contributed by atoms with Crippen molar-refractivity contribution in [1.82, 2.24) is 24.5 Å².